The maximum absolute atomic E-state index is 12.4. The van der Waals surface area contributed by atoms with Crippen molar-refractivity contribution < 1.29 is 23.8 Å². The molecule has 0 fully saturated rings. The number of para-hydroxylation sites is 1. The second-order valence-corrected chi connectivity index (χ2v) is 5.17. The van der Waals surface area contributed by atoms with Gasteiger partial charge < -0.3 is 14.2 Å². The average Bonchev–Trinajstić information content (AvgIpc) is 2.91. The van der Waals surface area contributed by atoms with Crippen molar-refractivity contribution in [3.05, 3.63) is 59.4 Å². The first-order valence-electron chi connectivity index (χ1n) is 7.54. The summed E-state index contributed by atoms with van der Waals surface area (Å²) in [6.45, 7) is 1.72. The molecule has 1 heterocycles. The lowest BCUT2D eigenvalue weighted by molar-refractivity contribution is -0.134. The highest BCUT2D eigenvalue weighted by atomic mass is 16.5. The van der Waals surface area contributed by atoms with E-state index in [1.165, 1.54) is 0 Å². The number of Topliss-reactive ketones (excluding diaryl/α,β-unsaturated/α-hetero) is 1. The summed E-state index contributed by atoms with van der Waals surface area (Å²) in [4.78, 5) is 24.0. The molecule has 0 unspecified atom stereocenters. The highest BCUT2D eigenvalue weighted by Gasteiger charge is 2.28. The lowest BCUT2D eigenvalue weighted by Gasteiger charge is -2.07. The van der Waals surface area contributed by atoms with Crippen molar-refractivity contribution in [1.82, 2.24) is 0 Å². The van der Waals surface area contributed by atoms with Crippen LogP contribution in [0.4, 0.5) is 0 Å². The maximum atomic E-state index is 12.4. The number of esters is 1. The Balaban J connectivity index is 1.93. The van der Waals surface area contributed by atoms with E-state index in [2.05, 4.69) is 0 Å². The number of methoxy groups -OCH3 is 1. The van der Waals surface area contributed by atoms with Gasteiger partial charge in [0.05, 0.1) is 12.7 Å². The standard InChI is InChI=1S/C19H16O5/c1-3-18(20)24-15-7-5-4-6-12(15)10-17-19(21)14-9-8-13(22-2)11-16(14)23-17/h4-11H,3H2,1-2H3/b17-10-. The third-order valence-electron chi connectivity index (χ3n) is 3.60. The Morgan fingerprint density at radius 3 is 2.75 bits per heavy atom. The van der Waals surface area contributed by atoms with Crippen molar-refractivity contribution >= 4 is 17.8 Å². The molecule has 0 radical (unpaired) electrons. The Kier molecular flexibility index (Phi) is 4.33. The van der Waals surface area contributed by atoms with E-state index < -0.39 is 0 Å². The lowest BCUT2D eigenvalue weighted by Crippen LogP contribution is -2.07. The molecule has 3 rings (SSSR count). The third-order valence-corrected chi connectivity index (χ3v) is 3.60. The van der Waals surface area contributed by atoms with Gasteiger partial charge in [-0.1, -0.05) is 25.1 Å². The molecule has 0 saturated heterocycles. The van der Waals surface area contributed by atoms with Crippen LogP contribution in [-0.4, -0.2) is 18.9 Å². The highest BCUT2D eigenvalue weighted by Crippen LogP contribution is 2.35. The number of rotatable bonds is 4. The Bertz CT molecular complexity index is 835. The first-order valence-corrected chi connectivity index (χ1v) is 7.54. The van der Waals surface area contributed by atoms with Gasteiger partial charge in [0.25, 0.3) is 0 Å². The molecule has 0 amide bonds. The molecule has 2 aromatic rings. The smallest absolute Gasteiger partial charge is 0.310 e. The Hall–Kier alpha value is -3.08. The quantitative estimate of drug-likeness (QED) is 0.488. The first-order chi connectivity index (χ1) is 11.6. The minimum atomic E-state index is -0.340. The molecule has 0 spiro atoms. The molecular weight excluding hydrogens is 308 g/mol. The maximum Gasteiger partial charge on any atom is 0.310 e. The number of carbonyl (C=O) groups is 2. The van der Waals surface area contributed by atoms with Gasteiger partial charge in [-0.2, -0.15) is 0 Å². The van der Waals surface area contributed by atoms with Gasteiger partial charge in [-0.25, -0.2) is 0 Å². The van der Waals surface area contributed by atoms with Gasteiger partial charge in [0.15, 0.2) is 5.76 Å². The molecule has 24 heavy (non-hydrogen) atoms. The molecule has 5 nitrogen and oxygen atoms in total. The second-order valence-electron chi connectivity index (χ2n) is 5.17. The van der Waals surface area contributed by atoms with Crippen molar-refractivity contribution in [3.63, 3.8) is 0 Å². The number of hydrogen-bond donors (Lipinski definition) is 0. The lowest BCUT2D eigenvalue weighted by atomic mass is 10.1. The number of benzene rings is 2. The van der Waals surface area contributed by atoms with Gasteiger partial charge in [0.1, 0.15) is 17.2 Å². The van der Waals surface area contributed by atoms with E-state index in [9.17, 15) is 9.59 Å². The molecule has 0 saturated carbocycles. The van der Waals surface area contributed by atoms with E-state index in [0.717, 1.165) is 0 Å². The van der Waals surface area contributed by atoms with E-state index >= 15 is 0 Å². The summed E-state index contributed by atoms with van der Waals surface area (Å²) in [5.41, 5.74) is 1.08. The molecule has 0 bridgehead atoms. The molecular formula is C19H16O5. The van der Waals surface area contributed by atoms with Gasteiger partial charge in [0, 0.05) is 18.1 Å². The van der Waals surface area contributed by atoms with Crippen molar-refractivity contribution in [3.8, 4) is 17.2 Å². The van der Waals surface area contributed by atoms with Crippen LogP contribution >= 0.6 is 0 Å². The zero-order chi connectivity index (χ0) is 17.1. The molecule has 5 heteroatoms. The van der Waals surface area contributed by atoms with Crippen LogP contribution in [0.2, 0.25) is 0 Å². The third kappa shape index (κ3) is 3.01. The zero-order valence-electron chi connectivity index (χ0n) is 13.4. The topological polar surface area (TPSA) is 61.8 Å². The predicted octanol–water partition coefficient (Wildman–Crippen LogP) is 3.63. The molecule has 2 aromatic carbocycles. The average molecular weight is 324 g/mol. The minimum Gasteiger partial charge on any atom is -0.497 e. The molecule has 0 aliphatic carbocycles. The van der Waals surface area contributed by atoms with Gasteiger partial charge in [0.2, 0.25) is 5.78 Å². The van der Waals surface area contributed by atoms with E-state index in [1.807, 2.05) is 0 Å². The number of allylic oxidation sites excluding steroid dienone is 1. The number of hydrogen-bond acceptors (Lipinski definition) is 5. The predicted molar refractivity (Wildman–Crippen MR) is 88.3 cm³/mol. The normalized spacial score (nSPS) is 14.2. The van der Waals surface area contributed by atoms with Gasteiger partial charge in [-0.05, 0) is 24.3 Å². The summed E-state index contributed by atoms with van der Waals surface area (Å²) < 4.78 is 16.1. The SMILES string of the molecule is CCC(=O)Oc1ccccc1/C=C1\Oc2cc(OC)ccc2C1=O. The van der Waals surface area contributed by atoms with Crippen LogP contribution in [0.1, 0.15) is 29.3 Å². The fourth-order valence-corrected chi connectivity index (χ4v) is 2.32. The Morgan fingerprint density at radius 2 is 2.00 bits per heavy atom. The van der Waals surface area contributed by atoms with Crippen molar-refractivity contribution in [1.29, 1.82) is 0 Å². The highest BCUT2D eigenvalue weighted by molar-refractivity contribution is 6.14. The fraction of sp³-hybridized carbons (Fsp3) is 0.158. The molecule has 0 aromatic heterocycles. The van der Waals surface area contributed by atoms with Crippen molar-refractivity contribution in [2.75, 3.05) is 7.11 Å². The summed E-state index contributed by atoms with van der Waals surface area (Å²) in [6.07, 6.45) is 1.85. The van der Waals surface area contributed by atoms with Crippen LogP contribution in [0.5, 0.6) is 17.2 Å². The van der Waals surface area contributed by atoms with Crippen LogP contribution in [-0.2, 0) is 4.79 Å². The largest absolute Gasteiger partial charge is 0.497 e. The minimum absolute atomic E-state index is 0.179. The van der Waals surface area contributed by atoms with Crippen molar-refractivity contribution in [2.45, 2.75) is 13.3 Å². The van der Waals surface area contributed by atoms with E-state index in [4.69, 9.17) is 14.2 Å². The molecule has 0 N–H and O–H groups in total. The van der Waals surface area contributed by atoms with E-state index in [-0.39, 0.29) is 23.9 Å². The number of ketones is 1. The number of fused-ring (bicyclic) bond motifs is 1. The van der Waals surface area contributed by atoms with Gasteiger partial charge >= 0.3 is 5.97 Å². The Morgan fingerprint density at radius 1 is 1.21 bits per heavy atom. The molecule has 1 aliphatic rings. The van der Waals surface area contributed by atoms with Crippen LogP contribution in [0, 0.1) is 0 Å². The van der Waals surface area contributed by atoms with Gasteiger partial charge in [-0.15, -0.1) is 0 Å². The summed E-state index contributed by atoms with van der Waals surface area (Å²) >= 11 is 0. The van der Waals surface area contributed by atoms with Crippen LogP contribution in [0.15, 0.2) is 48.2 Å². The van der Waals surface area contributed by atoms with Gasteiger partial charge in [-0.3, -0.25) is 9.59 Å². The van der Waals surface area contributed by atoms with E-state index in [1.54, 1.807) is 62.6 Å². The monoisotopic (exact) mass is 324 g/mol. The zero-order valence-corrected chi connectivity index (χ0v) is 13.4. The van der Waals surface area contributed by atoms with E-state index in [0.29, 0.717) is 28.4 Å². The van der Waals surface area contributed by atoms with Crippen LogP contribution in [0.3, 0.4) is 0 Å². The van der Waals surface area contributed by atoms with Crippen molar-refractivity contribution in [2.24, 2.45) is 0 Å². The number of carbonyl (C=O) groups excluding carboxylic acids is 2. The fourth-order valence-electron chi connectivity index (χ4n) is 2.32. The Labute approximate surface area is 139 Å². The second kappa shape index (κ2) is 6.58. The summed E-state index contributed by atoms with van der Waals surface area (Å²) in [7, 11) is 1.55. The number of ether oxygens (including phenoxy) is 3. The summed E-state index contributed by atoms with van der Waals surface area (Å²) in [5.74, 6) is 1.07. The molecule has 0 atom stereocenters. The van der Waals surface area contributed by atoms with Crippen LogP contribution in [0.25, 0.3) is 6.08 Å². The summed E-state index contributed by atoms with van der Waals surface area (Å²) in [6, 6.07) is 12.0. The van der Waals surface area contributed by atoms with Crippen LogP contribution < -0.4 is 14.2 Å². The summed E-state index contributed by atoms with van der Waals surface area (Å²) in [5, 5.41) is 0. The molecule has 122 valence electrons. The first kappa shape index (κ1) is 15.8. The molecule has 1 aliphatic heterocycles.